The second-order valence-electron chi connectivity index (χ2n) is 5.83. The van der Waals surface area contributed by atoms with Crippen LogP contribution in [-0.2, 0) is 0 Å². The molecular formula is C16H20N2. The van der Waals surface area contributed by atoms with Gasteiger partial charge in [0.1, 0.15) is 0 Å². The van der Waals surface area contributed by atoms with E-state index in [1.54, 1.807) is 0 Å². The van der Waals surface area contributed by atoms with Crippen LogP contribution in [0.25, 0.3) is 0 Å². The first kappa shape index (κ1) is 11.7. The molecule has 2 aliphatic rings. The van der Waals surface area contributed by atoms with Crippen molar-refractivity contribution in [1.82, 2.24) is 4.90 Å². The Bertz CT molecular complexity index is 457. The number of rotatable bonds is 1. The minimum Gasteiger partial charge on any atom is -0.299 e. The Hall–Kier alpha value is -1.33. The standard InChI is InChI=1S/C16H20N2/c1-18-11-14-4-2-3-5-15(14)16(18)13-8-6-12(10-17)7-9-13/h6-9,14-16H,2-5,11H2,1H3/t14-,15-,16?/m1/s1. The maximum Gasteiger partial charge on any atom is 0.0991 e. The van der Waals surface area contributed by atoms with Crippen LogP contribution in [0.3, 0.4) is 0 Å². The van der Waals surface area contributed by atoms with Crippen LogP contribution in [0, 0.1) is 23.2 Å². The van der Waals surface area contributed by atoms with Crippen molar-refractivity contribution in [1.29, 1.82) is 5.26 Å². The van der Waals surface area contributed by atoms with Crippen LogP contribution in [0.5, 0.6) is 0 Å². The molecule has 1 heterocycles. The van der Waals surface area contributed by atoms with E-state index in [0.717, 1.165) is 17.4 Å². The highest BCUT2D eigenvalue weighted by Gasteiger charge is 2.41. The molecule has 18 heavy (non-hydrogen) atoms. The number of fused-ring (bicyclic) bond motifs is 1. The van der Waals surface area contributed by atoms with E-state index in [9.17, 15) is 0 Å². The van der Waals surface area contributed by atoms with Crippen molar-refractivity contribution in [3.63, 3.8) is 0 Å². The molecule has 3 atom stereocenters. The third kappa shape index (κ3) is 1.93. The fourth-order valence-electron chi connectivity index (χ4n) is 3.95. The van der Waals surface area contributed by atoms with Gasteiger partial charge in [-0.05, 0) is 49.4 Å². The maximum absolute atomic E-state index is 8.87. The van der Waals surface area contributed by atoms with E-state index in [1.165, 1.54) is 37.8 Å². The van der Waals surface area contributed by atoms with Gasteiger partial charge < -0.3 is 0 Å². The molecule has 1 aliphatic heterocycles. The summed E-state index contributed by atoms with van der Waals surface area (Å²) in [5.74, 6) is 1.72. The molecule has 0 aromatic heterocycles. The molecule has 0 spiro atoms. The van der Waals surface area contributed by atoms with Crippen molar-refractivity contribution in [2.75, 3.05) is 13.6 Å². The highest BCUT2D eigenvalue weighted by molar-refractivity contribution is 5.33. The molecule has 1 saturated carbocycles. The minimum absolute atomic E-state index is 0.572. The summed E-state index contributed by atoms with van der Waals surface area (Å²) < 4.78 is 0. The molecule has 3 rings (SSSR count). The van der Waals surface area contributed by atoms with Crippen LogP contribution in [0.2, 0.25) is 0 Å². The van der Waals surface area contributed by atoms with E-state index in [-0.39, 0.29) is 0 Å². The predicted octanol–water partition coefficient (Wildman–Crippen LogP) is 3.35. The van der Waals surface area contributed by atoms with Crippen LogP contribution in [-0.4, -0.2) is 18.5 Å². The van der Waals surface area contributed by atoms with Crippen molar-refractivity contribution < 1.29 is 0 Å². The van der Waals surface area contributed by atoms with Crippen molar-refractivity contribution >= 4 is 0 Å². The highest BCUT2D eigenvalue weighted by Crippen LogP contribution is 2.46. The van der Waals surface area contributed by atoms with Gasteiger partial charge in [0.2, 0.25) is 0 Å². The van der Waals surface area contributed by atoms with Crippen LogP contribution in [0.4, 0.5) is 0 Å². The lowest BCUT2D eigenvalue weighted by atomic mass is 9.77. The molecule has 1 unspecified atom stereocenters. The summed E-state index contributed by atoms with van der Waals surface area (Å²) in [4.78, 5) is 2.52. The summed E-state index contributed by atoms with van der Waals surface area (Å²) in [6.45, 7) is 1.25. The predicted molar refractivity (Wildman–Crippen MR) is 72.0 cm³/mol. The smallest absolute Gasteiger partial charge is 0.0991 e. The van der Waals surface area contributed by atoms with Crippen LogP contribution in [0.15, 0.2) is 24.3 Å². The van der Waals surface area contributed by atoms with Gasteiger partial charge in [0.15, 0.2) is 0 Å². The fourth-order valence-corrected chi connectivity index (χ4v) is 3.95. The molecule has 0 N–H and O–H groups in total. The van der Waals surface area contributed by atoms with Crippen LogP contribution >= 0.6 is 0 Å². The van der Waals surface area contributed by atoms with E-state index in [2.05, 4.69) is 30.1 Å². The number of benzene rings is 1. The third-order valence-electron chi connectivity index (χ3n) is 4.75. The Morgan fingerprint density at radius 1 is 1.17 bits per heavy atom. The molecule has 1 aromatic carbocycles. The molecule has 1 saturated heterocycles. The first-order valence-electron chi connectivity index (χ1n) is 7.00. The van der Waals surface area contributed by atoms with E-state index in [0.29, 0.717) is 6.04 Å². The van der Waals surface area contributed by atoms with Crippen molar-refractivity contribution in [2.45, 2.75) is 31.7 Å². The summed E-state index contributed by atoms with van der Waals surface area (Å²) >= 11 is 0. The summed E-state index contributed by atoms with van der Waals surface area (Å²) in [6, 6.07) is 11.0. The first-order valence-corrected chi connectivity index (χ1v) is 7.00. The molecule has 0 bridgehead atoms. The van der Waals surface area contributed by atoms with Gasteiger partial charge in [-0.2, -0.15) is 5.26 Å². The average molecular weight is 240 g/mol. The lowest BCUT2D eigenvalue weighted by Gasteiger charge is -2.30. The summed E-state index contributed by atoms with van der Waals surface area (Å²) in [7, 11) is 2.25. The second-order valence-corrected chi connectivity index (χ2v) is 5.83. The van der Waals surface area contributed by atoms with Crippen molar-refractivity contribution in [2.24, 2.45) is 11.8 Å². The Labute approximate surface area is 109 Å². The molecular weight excluding hydrogens is 220 g/mol. The Balaban J connectivity index is 1.87. The Morgan fingerprint density at radius 2 is 1.89 bits per heavy atom. The molecule has 2 heteroatoms. The quantitative estimate of drug-likeness (QED) is 0.752. The zero-order chi connectivity index (χ0) is 12.5. The summed E-state index contributed by atoms with van der Waals surface area (Å²) in [5.41, 5.74) is 2.16. The van der Waals surface area contributed by atoms with Gasteiger partial charge in [-0.25, -0.2) is 0 Å². The fraction of sp³-hybridized carbons (Fsp3) is 0.562. The largest absolute Gasteiger partial charge is 0.299 e. The van der Waals surface area contributed by atoms with E-state index >= 15 is 0 Å². The number of nitrogens with zero attached hydrogens (tertiary/aromatic N) is 2. The lowest BCUT2D eigenvalue weighted by Crippen LogP contribution is -2.22. The minimum atomic E-state index is 0.572. The Morgan fingerprint density at radius 3 is 2.61 bits per heavy atom. The maximum atomic E-state index is 8.87. The molecule has 0 amide bonds. The Kier molecular flexibility index (Phi) is 3.09. The van der Waals surface area contributed by atoms with Gasteiger partial charge in [-0.1, -0.05) is 25.0 Å². The zero-order valence-electron chi connectivity index (χ0n) is 11.0. The van der Waals surface area contributed by atoms with Crippen LogP contribution in [0.1, 0.15) is 42.9 Å². The van der Waals surface area contributed by atoms with Gasteiger partial charge in [0.05, 0.1) is 11.6 Å². The topological polar surface area (TPSA) is 27.0 Å². The summed E-state index contributed by atoms with van der Waals surface area (Å²) in [6.07, 6.45) is 5.58. The molecule has 1 aliphatic carbocycles. The molecule has 1 aromatic rings. The molecule has 0 radical (unpaired) electrons. The average Bonchev–Trinajstić information content (AvgIpc) is 2.75. The SMILES string of the molecule is CN1C[C@H]2CCCC[C@H]2C1c1ccc(C#N)cc1. The summed E-state index contributed by atoms with van der Waals surface area (Å²) in [5, 5.41) is 8.87. The number of hydrogen-bond donors (Lipinski definition) is 0. The number of likely N-dealkylation sites (tertiary alicyclic amines) is 1. The van der Waals surface area contributed by atoms with Gasteiger partial charge in [-0.15, -0.1) is 0 Å². The van der Waals surface area contributed by atoms with E-state index < -0.39 is 0 Å². The monoisotopic (exact) mass is 240 g/mol. The van der Waals surface area contributed by atoms with Gasteiger partial charge in [0.25, 0.3) is 0 Å². The molecule has 2 fully saturated rings. The van der Waals surface area contributed by atoms with Gasteiger partial charge >= 0.3 is 0 Å². The molecule has 2 nitrogen and oxygen atoms in total. The van der Waals surface area contributed by atoms with Crippen LogP contribution < -0.4 is 0 Å². The lowest BCUT2D eigenvalue weighted by molar-refractivity contribution is 0.239. The number of hydrogen-bond acceptors (Lipinski definition) is 2. The first-order chi connectivity index (χ1) is 8.79. The van der Waals surface area contributed by atoms with Gasteiger partial charge in [0, 0.05) is 12.6 Å². The zero-order valence-corrected chi connectivity index (χ0v) is 11.0. The van der Waals surface area contributed by atoms with Gasteiger partial charge in [-0.3, -0.25) is 4.90 Å². The highest BCUT2D eigenvalue weighted by atomic mass is 15.2. The van der Waals surface area contributed by atoms with E-state index in [1.807, 2.05) is 12.1 Å². The third-order valence-corrected chi connectivity index (χ3v) is 4.75. The second kappa shape index (κ2) is 4.74. The number of nitriles is 1. The van der Waals surface area contributed by atoms with Crippen molar-refractivity contribution in [3.05, 3.63) is 35.4 Å². The molecule has 94 valence electrons. The van der Waals surface area contributed by atoms with Crippen molar-refractivity contribution in [3.8, 4) is 6.07 Å². The van der Waals surface area contributed by atoms with E-state index in [4.69, 9.17) is 5.26 Å². The normalized spacial score (nSPS) is 31.9.